The Kier molecular flexibility index (Phi) is 3.36. The van der Waals surface area contributed by atoms with E-state index >= 15 is 0 Å². The Balaban J connectivity index is 2.33. The van der Waals surface area contributed by atoms with Crippen LogP contribution in [0.5, 0.6) is 0 Å². The molecule has 0 saturated carbocycles. The third-order valence-electron chi connectivity index (χ3n) is 3.71. The van der Waals surface area contributed by atoms with E-state index in [2.05, 4.69) is 6.07 Å². The smallest absolute Gasteiger partial charge is 0.308 e. The highest BCUT2D eigenvalue weighted by molar-refractivity contribution is 5.73. The average Bonchev–Trinajstić information content (AvgIpc) is 2.36. The fourth-order valence-corrected chi connectivity index (χ4v) is 2.72. The van der Waals surface area contributed by atoms with Gasteiger partial charge in [-0.05, 0) is 48.4 Å². The SMILES string of the molecule is COC(=O)C(C)C1CCCc2ccc(N)cc21. The Morgan fingerprint density at radius 2 is 2.29 bits per heavy atom. The predicted octanol–water partition coefficient (Wildman–Crippen LogP) is 2.50. The molecule has 0 bridgehead atoms. The number of esters is 1. The summed E-state index contributed by atoms with van der Waals surface area (Å²) in [7, 11) is 1.45. The Morgan fingerprint density at radius 3 is 3.00 bits per heavy atom. The van der Waals surface area contributed by atoms with E-state index in [0.717, 1.165) is 24.9 Å². The van der Waals surface area contributed by atoms with Crippen LogP contribution in [-0.4, -0.2) is 13.1 Å². The van der Waals surface area contributed by atoms with Gasteiger partial charge in [0.25, 0.3) is 0 Å². The van der Waals surface area contributed by atoms with Crippen molar-refractivity contribution >= 4 is 11.7 Å². The number of benzene rings is 1. The molecular weight excluding hydrogens is 214 g/mol. The molecule has 0 saturated heterocycles. The van der Waals surface area contributed by atoms with Gasteiger partial charge in [-0.25, -0.2) is 0 Å². The van der Waals surface area contributed by atoms with Crippen LogP contribution in [0.2, 0.25) is 0 Å². The molecule has 1 aliphatic rings. The molecule has 92 valence electrons. The van der Waals surface area contributed by atoms with Crippen molar-refractivity contribution in [3.8, 4) is 0 Å². The normalized spacial score (nSPS) is 20.5. The van der Waals surface area contributed by atoms with Crippen LogP contribution in [-0.2, 0) is 16.0 Å². The number of fused-ring (bicyclic) bond motifs is 1. The maximum absolute atomic E-state index is 11.7. The summed E-state index contributed by atoms with van der Waals surface area (Å²) in [5.74, 6) is 0.0147. The third-order valence-corrected chi connectivity index (χ3v) is 3.71. The number of hydrogen-bond donors (Lipinski definition) is 1. The van der Waals surface area contributed by atoms with Crippen LogP contribution in [0.1, 0.15) is 36.8 Å². The van der Waals surface area contributed by atoms with E-state index in [1.807, 2.05) is 19.1 Å². The highest BCUT2D eigenvalue weighted by Gasteiger charge is 2.30. The lowest BCUT2D eigenvalue weighted by atomic mass is 9.76. The first-order chi connectivity index (χ1) is 8.13. The van der Waals surface area contributed by atoms with Crippen molar-refractivity contribution in [3.05, 3.63) is 29.3 Å². The van der Waals surface area contributed by atoms with E-state index < -0.39 is 0 Å². The molecule has 3 heteroatoms. The molecule has 2 atom stereocenters. The van der Waals surface area contributed by atoms with E-state index in [4.69, 9.17) is 10.5 Å². The zero-order valence-corrected chi connectivity index (χ0v) is 10.4. The molecule has 0 spiro atoms. The summed E-state index contributed by atoms with van der Waals surface area (Å²) in [5, 5.41) is 0. The molecule has 0 aromatic heterocycles. The standard InChI is InChI=1S/C14H19NO2/c1-9(14(16)17-2)12-5-3-4-10-6-7-11(15)8-13(10)12/h6-9,12H,3-5,15H2,1-2H3. The first-order valence-corrected chi connectivity index (χ1v) is 6.09. The Bertz CT molecular complexity index is 428. The summed E-state index contributed by atoms with van der Waals surface area (Å²) in [6.07, 6.45) is 3.25. The van der Waals surface area contributed by atoms with E-state index in [-0.39, 0.29) is 17.8 Å². The van der Waals surface area contributed by atoms with E-state index in [1.165, 1.54) is 18.2 Å². The predicted molar refractivity (Wildman–Crippen MR) is 67.7 cm³/mol. The van der Waals surface area contributed by atoms with Crippen LogP contribution in [0.4, 0.5) is 5.69 Å². The van der Waals surface area contributed by atoms with Crippen molar-refractivity contribution in [1.82, 2.24) is 0 Å². The van der Waals surface area contributed by atoms with Gasteiger partial charge < -0.3 is 10.5 Å². The van der Waals surface area contributed by atoms with Gasteiger partial charge in [0, 0.05) is 5.69 Å². The van der Waals surface area contributed by atoms with Crippen molar-refractivity contribution in [3.63, 3.8) is 0 Å². The van der Waals surface area contributed by atoms with Crippen molar-refractivity contribution in [2.45, 2.75) is 32.1 Å². The van der Waals surface area contributed by atoms with Gasteiger partial charge in [-0.1, -0.05) is 13.0 Å². The number of carbonyl (C=O) groups excluding carboxylic acids is 1. The lowest BCUT2D eigenvalue weighted by molar-refractivity contribution is -0.145. The fraction of sp³-hybridized carbons (Fsp3) is 0.500. The maximum Gasteiger partial charge on any atom is 0.308 e. The number of hydrogen-bond acceptors (Lipinski definition) is 3. The Labute approximate surface area is 102 Å². The number of methoxy groups -OCH3 is 1. The van der Waals surface area contributed by atoms with Gasteiger partial charge in [0.1, 0.15) is 0 Å². The van der Waals surface area contributed by atoms with Crippen LogP contribution in [0.3, 0.4) is 0 Å². The Hall–Kier alpha value is -1.51. The molecule has 0 heterocycles. The number of nitrogens with two attached hydrogens (primary N) is 1. The van der Waals surface area contributed by atoms with Gasteiger partial charge in [0.2, 0.25) is 0 Å². The minimum atomic E-state index is -0.134. The lowest BCUT2D eigenvalue weighted by Gasteiger charge is -2.29. The first kappa shape index (κ1) is 12.0. The molecule has 0 fully saturated rings. The summed E-state index contributed by atoms with van der Waals surface area (Å²) in [4.78, 5) is 11.7. The summed E-state index contributed by atoms with van der Waals surface area (Å²) >= 11 is 0. The van der Waals surface area contributed by atoms with Crippen molar-refractivity contribution in [1.29, 1.82) is 0 Å². The fourth-order valence-electron chi connectivity index (χ4n) is 2.72. The number of nitrogen functional groups attached to an aromatic ring is 1. The molecule has 2 unspecified atom stereocenters. The molecular formula is C14H19NO2. The van der Waals surface area contributed by atoms with Crippen LogP contribution in [0.25, 0.3) is 0 Å². The van der Waals surface area contributed by atoms with Crippen LogP contribution in [0, 0.1) is 5.92 Å². The second-order valence-electron chi connectivity index (χ2n) is 4.77. The van der Waals surface area contributed by atoms with Crippen molar-refractivity contribution < 1.29 is 9.53 Å². The summed E-state index contributed by atoms with van der Waals surface area (Å²) in [6.45, 7) is 1.94. The topological polar surface area (TPSA) is 52.3 Å². The van der Waals surface area contributed by atoms with Crippen LogP contribution >= 0.6 is 0 Å². The quantitative estimate of drug-likeness (QED) is 0.630. The Morgan fingerprint density at radius 1 is 1.53 bits per heavy atom. The molecule has 17 heavy (non-hydrogen) atoms. The second-order valence-corrected chi connectivity index (χ2v) is 4.77. The van der Waals surface area contributed by atoms with Gasteiger partial charge in [-0.15, -0.1) is 0 Å². The second kappa shape index (κ2) is 4.78. The molecule has 0 amide bonds. The number of rotatable bonds is 2. The molecule has 1 aromatic carbocycles. The number of ether oxygens (including phenoxy) is 1. The van der Waals surface area contributed by atoms with Crippen LogP contribution in [0.15, 0.2) is 18.2 Å². The van der Waals surface area contributed by atoms with Crippen molar-refractivity contribution in [2.24, 2.45) is 5.92 Å². The minimum absolute atomic E-state index is 0.0964. The number of carbonyl (C=O) groups is 1. The van der Waals surface area contributed by atoms with Gasteiger partial charge in [-0.2, -0.15) is 0 Å². The molecule has 0 aliphatic heterocycles. The molecule has 2 N–H and O–H groups in total. The van der Waals surface area contributed by atoms with Crippen LogP contribution < -0.4 is 5.73 Å². The zero-order chi connectivity index (χ0) is 12.4. The number of aryl methyl sites for hydroxylation is 1. The van der Waals surface area contributed by atoms with Gasteiger partial charge in [0.15, 0.2) is 0 Å². The molecule has 1 aliphatic carbocycles. The summed E-state index contributed by atoms with van der Waals surface area (Å²) < 4.78 is 4.84. The first-order valence-electron chi connectivity index (χ1n) is 6.09. The maximum atomic E-state index is 11.7. The molecule has 2 rings (SSSR count). The van der Waals surface area contributed by atoms with E-state index in [1.54, 1.807) is 0 Å². The van der Waals surface area contributed by atoms with E-state index in [0.29, 0.717) is 0 Å². The highest BCUT2D eigenvalue weighted by Crippen LogP contribution is 2.38. The largest absolute Gasteiger partial charge is 0.469 e. The van der Waals surface area contributed by atoms with Gasteiger partial charge in [0.05, 0.1) is 13.0 Å². The summed E-state index contributed by atoms with van der Waals surface area (Å²) in [6, 6.07) is 6.03. The van der Waals surface area contributed by atoms with Crippen molar-refractivity contribution in [2.75, 3.05) is 12.8 Å². The minimum Gasteiger partial charge on any atom is -0.469 e. The van der Waals surface area contributed by atoms with E-state index in [9.17, 15) is 4.79 Å². The summed E-state index contributed by atoms with van der Waals surface area (Å²) in [5.41, 5.74) is 9.16. The number of anilines is 1. The molecule has 1 aromatic rings. The van der Waals surface area contributed by atoms with Gasteiger partial charge in [-0.3, -0.25) is 4.79 Å². The molecule has 3 nitrogen and oxygen atoms in total. The lowest BCUT2D eigenvalue weighted by Crippen LogP contribution is -2.24. The van der Waals surface area contributed by atoms with Gasteiger partial charge >= 0.3 is 5.97 Å². The molecule has 0 radical (unpaired) electrons. The third kappa shape index (κ3) is 2.28. The average molecular weight is 233 g/mol. The highest BCUT2D eigenvalue weighted by atomic mass is 16.5. The zero-order valence-electron chi connectivity index (χ0n) is 10.4. The monoisotopic (exact) mass is 233 g/mol.